The van der Waals surface area contributed by atoms with Crippen LogP contribution >= 0.6 is 35.3 Å². The van der Waals surface area contributed by atoms with Crippen molar-refractivity contribution in [2.45, 2.75) is 12.5 Å². The minimum absolute atomic E-state index is 0.0586. The van der Waals surface area contributed by atoms with Crippen LogP contribution in [0.3, 0.4) is 0 Å². The highest BCUT2D eigenvalue weighted by Crippen LogP contribution is 2.33. The van der Waals surface area contributed by atoms with E-state index < -0.39 is 15.9 Å². The Morgan fingerprint density at radius 3 is 2.92 bits per heavy atom. The maximum absolute atomic E-state index is 12.4. The van der Waals surface area contributed by atoms with E-state index in [4.69, 9.17) is 12.2 Å². The molecule has 1 aromatic heterocycles. The molecule has 3 rings (SSSR count). The van der Waals surface area contributed by atoms with Crippen molar-refractivity contribution < 1.29 is 18.0 Å². The number of nitrogens with zero attached hydrogens (tertiary/aromatic N) is 1. The molecule has 1 unspecified atom stereocenters. The Morgan fingerprint density at radius 2 is 2.28 bits per heavy atom. The average Bonchev–Trinajstić information content (AvgIpc) is 3.21. The normalized spacial score (nSPS) is 23.6. The Morgan fingerprint density at radius 1 is 1.48 bits per heavy atom. The Kier molecular flexibility index (Phi) is 5.42. The zero-order chi connectivity index (χ0) is 18.0. The molecule has 1 saturated heterocycles. The molecule has 1 fully saturated rings. The van der Waals surface area contributed by atoms with E-state index in [1.165, 1.54) is 34.1 Å². The molecule has 10 heteroatoms. The minimum atomic E-state index is -3.21. The summed E-state index contributed by atoms with van der Waals surface area (Å²) >= 11 is 7.97. The van der Waals surface area contributed by atoms with Crippen LogP contribution in [0.5, 0.6) is 0 Å². The van der Waals surface area contributed by atoms with Crippen LogP contribution in [0.1, 0.15) is 11.3 Å². The molecule has 1 aromatic rings. The van der Waals surface area contributed by atoms with Crippen LogP contribution in [0.25, 0.3) is 6.08 Å². The van der Waals surface area contributed by atoms with Gasteiger partial charge in [-0.1, -0.05) is 30.0 Å². The average molecular weight is 415 g/mol. The number of thiophene rings is 1. The van der Waals surface area contributed by atoms with Crippen LogP contribution in [-0.2, 0) is 19.4 Å². The lowest BCUT2D eigenvalue weighted by atomic mass is 10.3. The molecule has 132 valence electrons. The van der Waals surface area contributed by atoms with Gasteiger partial charge < -0.3 is 5.32 Å². The monoisotopic (exact) mass is 414 g/mol. The van der Waals surface area contributed by atoms with Gasteiger partial charge in [0, 0.05) is 23.3 Å². The standard InChI is InChI=1S/C15H14N2O4S4/c18-13(16-10-4-7-25(20,21)9-10)3-5-17-14(19)12(24-15(17)22)8-11-2-1-6-23-11/h1-2,4,6-8,10H,3,5,9H2,(H,16,18). The second-order valence-corrected chi connectivity index (χ2v) is 10.0. The number of hydrogen-bond acceptors (Lipinski definition) is 7. The third-order valence-electron chi connectivity index (χ3n) is 3.53. The van der Waals surface area contributed by atoms with Crippen molar-refractivity contribution in [2.24, 2.45) is 0 Å². The van der Waals surface area contributed by atoms with Gasteiger partial charge in [0.05, 0.1) is 16.7 Å². The molecule has 6 nitrogen and oxygen atoms in total. The van der Waals surface area contributed by atoms with E-state index in [1.54, 1.807) is 6.08 Å². The summed E-state index contributed by atoms with van der Waals surface area (Å²) in [5.74, 6) is -0.647. The number of hydrogen-bond donors (Lipinski definition) is 1. The van der Waals surface area contributed by atoms with Crippen LogP contribution in [0.4, 0.5) is 0 Å². The van der Waals surface area contributed by atoms with Crippen LogP contribution in [0.15, 0.2) is 33.9 Å². The molecular formula is C15H14N2O4S4. The molecular weight excluding hydrogens is 400 g/mol. The van der Waals surface area contributed by atoms with Gasteiger partial charge in [-0.3, -0.25) is 14.5 Å². The van der Waals surface area contributed by atoms with Gasteiger partial charge in [-0.05, 0) is 23.6 Å². The summed E-state index contributed by atoms with van der Waals surface area (Å²) in [7, 11) is -3.21. The Hall–Kier alpha value is -1.49. The molecule has 0 aromatic carbocycles. The van der Waals surface area contributed by atoms with E-state index in [9.17, 15) is 18.0 Å². The summed E-state index contributed by atoms with van der Waals surface area (Å²) in [5.41, 5.74) is 0. The van der Waals surface area contributed by atoms with Gasteiger partial charge in [-0.25, -0.2) is 8.42 Å². The van der Waals surface area contributed by atoms with E-state index >= 15 is 0 Å². The van der Waals surface area contributed by atoms with E-state index in [0.717, 1.165) is 10.3 Å². The molecule has 2 aliphatic heterocycles. The summed E-state index contributed by atoms with van der Waals surface area (Å²) in [6.45, 7) is 0.168. The molecule has 0 bridgehead atoms. The van der Waals surface area contributed by atoms with Crippen LogP contribution < -0.4 is 5.32 Å². The third-order valence-corrected chi connectivity index (χ3v) is 7.12. The molecule has 1 atom stereocenters. The van der Waals surface area contributed by atoms with Gasteiger partial charge in [0.25, 0.3) is 5.91 Å². The number of carbonyl (C=O) groups excluding carboxylic acids is 2. The molecule has 0 saturated carbocycles. The number of sulfone groups is 1. The molecule has 3 heterocycles. The van der Waals surface area contributed by atoms with Crippen molar-refractivity contribution in [3.05, 3.63) is 38.8 Å². The Labute approximate surface area is 158 Å². The second kappa shape index (κ2) is 7.40. The summed E-state index contributed by atoms with van der Waals surface area (Å²) in [6.07, 6.45) is 3.30. The van der Waals surface area contributed by atoms with Gasteiger partial charge in [0.1, 0.15) is 4.32 Å². The fraction of sp³-hybridized carbons (Fsp3) is 0.267. The maximum atomic E-state index is 12.4. The lowest BCUT2D eigenvalue weighted by molar-refractivity contribution is -0.124. The zero-order valence-corrected chi connectivity index (χ0v) is 16.1. The number of rotatable bonds is 5. The zero-order valence-electron chi connectivity index (χ0n) is 12.9. The molecule has 25 heavy (non-hydrogen) atoms. The number of nitrogens with one attached hydrogen (secondary N) is 1. The van der Waals surface area contributed by atoms with Crippen molar-refractivity contribution >= 4 is 67.4 Å². The summed E-state index contributed by atoms with van der Waals surface area (Å²) in [6, 6.07) is 3.30. The van der Waals surface area contributed by atoms with Gasteiger partial charge >= 0.3 is 0 Å². The highest BCUT2D eigenvalue weighted by Gasteiger charge is 2.32. The van der Waals surface area contributed by atoms with Crippen molar-refractivity contribution in [1.29, 1.82) is 0 Å². The third kappa shape index (κ3) is 4.57. The smallest absolute Gasteiger partial charge is 0.266 e. The van der Waals surface area contributed by atoms with Gasteiger partial charge in [0.2, 0.25) is 5.91 Å². The van der Waals surface area contributed by atoms with Crippen molar-refractivity contribution in [3.8, 4) is 0 Å². The number of thiocarbonyl (C=S) groups is 1. The van der Waals surface area contributed by atoms with E-state index in [0.29, 0.717) is 9.23 Å². The minimum Gasteiger partial charge on any atom is -0.349 e. The van der Waals surface area contributed by atoms with Crippen LogP contribution in [-0.4, -0.2) is 47.8 Å². The Balaban J connectivity index is 1.54. The van der Waals surface area contributed by atoms with Crippen LogP contribution in [0.2, 0.25) is 0 Å². The fourth-order valence-electron chi connectivity index (χ4n) is 2.35. The van der Waals surface area contributed by atoms with E-state index in [-0.39, 0.29) is 30.5 Å². The molecule has 0 aliphatic carbocycles. The number of amides is 2. The molecule has 2 aliphatic rings. The van der Waals surface area contributed by atoms with Crippen molar-refractivity contribution in [3.63, 3.8) is 0 Å². The number of carbonyl (C=O) groups is 2. The SMILES string of the molecule is O=C(CCN1C(=O)C(=Cc2cccs2)SC1=S)NC1C=CS(=O)(=O)C1. The lowest BCUT2D eigenvalue weighted by Gasteiger charge is -2.15. The van der Waals surface area contributed by atoms with Crippen molar-refractivity contribution in [1.82, 2.24) is 10.2 Å². The first-order valence-electron chi connectivity index (χ1n) is 7.33. The van der Waals surface area contributed by atoms with E-state index in [2.05, 4.69) is 5.32 Å². The highest BCUT2D eigenvalue weighted by molar-refractivity contribution is 8.26. The molecule has 0 radical (unpaired) electrons. The summed E-state index contributed by atoms with van der Waals surface area (Å²) in [4.78, 5) is 27.3. The van der Waals surface area contributed by atoms with Crippen LogP contribution in [0, 0.1) is 0 Å². The maximum Gasteiger partial charge on any atom is 0.266 e. The first-order chi connectivity index (χ1) is 11.8. The van der Waals surface area contributed by atoms with Gasteiger partial charge in [-0.15, -0.1) is 11.3 Å². The first-order valence-corrected chi connectivity index (χ1v) is 11.2. The Bertz CT molecular complexity index is 871. The predicted molar refractivity (Wildman–Crippen MR) is 104 cm³/mol. The molecule has 1 N–H and O–H groups in total. The predicted octanol–water partition coefficient (Wildman–Crippen LogP) is 1.77. The van der Waals surface area contributed by atoms with E-state index in [1.807, 2.05) is 17.5 Å². The topological polar surface area (TPSA) is 83.6 Å². The highest BCUT2D eigenvalue weighted by atomic mass is 32.2. The van der Waals surface area contributed by atoms with Gasteiger partial charge in [-0.2, -0.15) is 0 Å². The largest absolute Gasteiger partial charge is 0.349 e. The summed E-state index contributed by atoms with van der Waals surface area (Å²) in [5, 5.41) is 5.66. The molecule has 0 spiro atoms. The number of thioether (sulfide) groups is 1. The second-order valence-electron chi connectivity index (χ2n) is 5.43. The summed E-state index contributed by atoms with van der Waals surface area (Å²) < 4.78 is 23.1. The van der Waals surface area contributed by atoms with Gasteiger partial charge in [0.15, 0.2) is 9.84 Å². The quantitative estimate of drug-likeness (QED) is 0.584. The van der Waals surface area contributed by atoms with Crippen molar-refractivity contribution in [2.75, 3.05) is 12.3 Å². The lowest BCUT2D eigenvalue weighted by Crippen LogP contribution is -2.38. The first kappa shape index (κ1) is 18.3. The molecule has 2 amide bonds. The fourth-order valence-corrected chi connectivity index (χ4v) is 5.62.